The summed E-state index contributed by atoms with van der Waals surface area (Å²) in [4.78, 5) is 18.3. The first kappa shape index (κ1) is 7.60. The fraction of sp³-hybridized carbons (Fsp3) is 0.143. The van der Waals surface area contributed by atoms with Gasteiger partial charge in [0.05, 0.1) is 0 Å². The van der Waals surface area contributed by atoms with Gasteiger partial charge in [-0.15, -0.1) is 0 Å². The van der Waals surface area contributed by atoms with E-state index in [1.54, 1.807) is 18.2 Å². The number of aryl methyl sites for hydroxylation is 1. The van der Waals surface area contributed by atoms with Crippen LogP contribution in [0.3, 0.4) is 0 Å². The van der Waals surface area contributed by atoms with Crippen molar-refractivity contribution in [3.05, 3.63) is 23.8 Å². The maximum Gasteiger partial charge on any atom is 0.815 e. The van der Waals surface area contributed by atoms with Crippen LogP contribution in [0.4, 0.5) is 0 Å². The van der Waals surface area contributed by atoms with Crippen molar-refractivity contribution in [1.29, 1.82) is 0 Å². The molecule has 0 unspecified atom stereocenters. The van der Waals surface area contributed by atoms with E-state index in [1.807, 2.05) is 6.92 Å². The zero-order valence-electron chi connectivity index (χ0n) is 6.44. The summed E-state index contributed by atoms with van der Waals surface area (Å²) in [6.07, 6.45) is 0. The molecule has 12 heavy (non-hydrogen) atoms. The van der Waals surface area contributed by atoms with E-state index in [9.17, 15) is 0 Å². The first-order chi connectivity index (χ1) is 5.57. The maximum atomic E-state index is 9.14. The molecule has 1 aromatic rings. The van der Waals surface area contributed by atoms with Crippen LogP contribution >= 0.6 is 0 Å². The van der Waals surface area contributed by atoms with E-state index in [4.69, 9.17) is 18.4 Å². The average molecular weight is 184 g/mol. The summed E-state index contributed by atoms with van der Waals surface area (Å²) in [5.74, 6) is 0.925. The second-order valence-electron chi connectivity index (χ2n) is 2.68. The third-order valence-corrected chi connectivity index (χ3v) is 2.64. The number of hydrogen-bond acceptors (Lipinski definition) is 4. The molecule has 4 nitrogen and oxygen atoms in total. The Bertz CT molecular complexity index is 323. The zero-order valence-corrected chi connectivity index (χ0v) is 7.44. The Labute approximate surface area is 70.5 Å². The molecule has 2 bridgehead atoms. The van der Waals surface area contributed by atoms with Gasteiger partial charge in [0.15, 0.2) is 0 Å². The molecule has 1 aromatic carbocycles. The van der Waals surface area contributed by atoms with Crippen LogP contribution in [0.25, 0.3) is 0 Å². The molecule has 1 aliphatic rings. The molecule has 1 heterocycles. The standard InChI is InChI=1S/C7H8O4Si/c1-5-2-3-6-4-7(5)11-12(8,9)10-6/h2-4,8-9H,1H3. The smallest absolute Gasteiger partial charge is 0.471 e. The highest BCUT2D eigenvalue weighted by Crippen LogP contribution is 2.30. The fourth-order valence-electron chi connectivity index (χ4n) is 1.07. The van der Waals surface area contributed by atoms with Gasteiger partial charge in [0.25, 0.3) is 0 Å². The van der Waals surface area contributed by atoms with Gasteiger partial charge < -0.3 is 18.4 Å². The monoisotopic (exact) mass is 184 g/mol. The number of rotatable bonds is 0. The molecule has 2 N–H and O–H groups in total. The van der Waals surface area contributed by atoms with Crippen molar-refractivity contribution < 1.29 is 18.4 Å². The summed E-state index contributed by atoms with van der Waals surface area (Å²) >= 11 is 0. The fourth-order valence-corrected chi connectivity index (χ4v) is 2.05. The minimum absolute atomic E-state index is 0.443. The summed E-state index contributed by atoms with van der Waals surface area (Å²) in [6.45, 7) is 1.83. The molecule has 0 spiro atoms. The summed E-state index contributed by atoms with van der Waals surface area (Å²) < 4.78 is 9.60. The number of hydrogen-bond donors (Lipinski definition) is 2. The van der Waals surface area contributed by atoms with Gasteiger partial charge in [0.1, 0.15) is 11.5 Å². The number of fused-ring (bicyclic) bond motifs is 2. The van der Waals surface area contributed by atoms with E-state index in [1.165, 1.54) is 0 Å². The number of benzene rings is 1. The minimum Gasteiger partial charge on any atom is -0.471 e. The molecule has 1 aliphatic heterocycles. The lowest BCUT2D eigenvalue weighted by atomic mass is 10.2. The van der Waals surface area contributed by atoms with Gasteiger partial charge in [-0.05, 0) is 18.6 Å². The SMILES string of the molecule is Cc1ccc2cc1O[Si](O)(O)O2. The van der Waals surface area contributed by atoms with Crippen molar-refractivity contribution in [2.45, 2.75) is 6.92 Å². The predicted molar refractivity (Wildman–Crippen MR) is 42.6 cm³/mol. The normalized spacial score (nSPS) is 17.9. The van der Waals surface area contributed by atoms with Gasteiger partial charge in [0, 0.05) is 6.07 Å². The zero-order chi connectivity index (χ0) is 8.77. The molecular weight excluding hydrogens is 176 g/mol. The topological polar surface area (TPSA) is 58.9 Å². The van der Waals surface area contributed by atoms with Crippen LogP contribution in [-0.4, -0.2) is 18.6 Å². The van der Waals surface area contributed by atoms with Crippen molar-refractivity contribution in [3.8, 4) is 11.5 Å². The Hall–Kier alpha value is -1.04. The van der Waals surface area contributed by atoms with E-state index in [0.29, 0.717) is 11.5 Å². The summed E-state index contributed by atoms with van der Waals surface area (Å²) in [5, 5.41) is 0. The molecular formula is C7H8O4Si. The highest BCUT2D eigenvalue weighted by molar-refractivity contribution is 6.52. The largest absolute Gasteiger partial charge is 0.815 e. The molecule has 64 valence electrons. The van der Waals surface area contributed by atoms with Crippen molar-refractivity contribution in [2.24, 2.45) is 0 Å². The van der Waals surface area contributed by atoms with Crippen molar-refractivity contribution in [2.75, 3.05) is 0 Å². The predicted octanol–water partition coefficient (Wildman–Crippen LogP) is 0.186. The van der Waals surface area contributed by atoms with Gasteiger partial charge >= 0.3 is 9.05 Å². The van der Waals surface area contributed by atoms with E-state index >= 15 is 0 Å². The minimum atomic E-state index is -3.91. The average Bonchev–Trinajstić information content (AvgIpc) is 1.95. The van der Waals surface area contributed by atoms with Crippen LogP contribution in [0.15, 0.2) is 18.2 Å². The van der Waals surface area contributed by atoms with Crippen LogP contribution in [0.5, 0.6) is 11.5 Å². The maximum absolute atomic E-state index is 9.14. The molecule has 0 saturated carbocycles. The van der Waals surface area contributed by atoms with Crippen LogP contribution in [0.1, 0.15) is 5.56 Å². The van der Waals surface area contributed by atoms with Gasteiger partial charge in [0.2, 0.25) is 0 Å². The van der Waals surface area contributed by atoms with Crippen LogP contribution in [0, 0.1) is 6.92 Å². The molecule has 0 fully saturated rings. The summed E-state index contributed by atoms with van der Waals surface area (Å²) in [7, 11) is -3.91. The Morgan fingerprint density at radius 3 is 2.75 bits per heavy atom. The van der Waals surface area contributed by atoms with Gasteiger partial charge in [-0.2, -0.15) is 0 Å². The Kier molecular flexibility index (Phi) is 1.41. The summed E-state index contributed by atoms with van der Waals surface area (Å²) in [5.41, 5.74) is 0.863. The van der Waals surface area contributed by atoms with Crippen LogP contribution in [0.2, 0.25) is 0 Å². The molecule has 0 saturated heterocycles. The van der Waals surface area contributed by atoms with Gasteiger partial charge in [-0.25, -0.2) is 0 Å². The first-order valence-corrected chi connectivity index (χ1v) is 5.21. The second kappa shape index (κ2) is 2.22. The lowest BCUT2D eigenvalue weighted by Crippen LogP contribution is -2.51. The third kappa shape index (κ3) is 1.18. The van der Waals surface area contributed by atoms with Crippen LogP contribution in [-0.2, 0) is 0 Å². The molecule has 0 aliphatic carbocycles. The lowest BCUT2D eigenvalue weighted by molar-refractivity contribution is 0.131. The Morgan fingerprint density at radius 2 is 2.00 bits per heavy atom. The van der Waals surface area contributed by atoms with Crippen molar-refractivity contribution >= 4 is 9.05 Å². The summed E-state index contributed by atoms with van der Waals surface area (Å²) in [6, 6.07) is 5.11. The third-order valence-electron chi connectivity index (χ3n) is 1.65. The molecule has 0 radical (unpaired) electrons. The quantitative estimate of drug-likeness (QED) is 0.565. The molecule has 0 aromatic heterocycles. The van der Waals surface area contributed by atoms with Crippen LogP contribution < -0.4 is 8.85 Å². The lowest BCUT2D eigenvalue weighted by Gasteiger charge is -2.24. The first-order valence-electron chi connectivity index (χ1n) is 3.50. The van der Waals surface area contributed by atoms with Gasteiger partial charge in [-0.3, -0.25) is 0 Å². The Morgan fingerprint density at radius 1 is 1.25 bits per heavy atom. The van der Waals surface area contributed by atoms with E-state index < -0.39 is 9.05 Å². The molecule has 5 heteroatoms. The molecule has 0 amide bonds. The second-order valence-corrected chi connectivity index (χ2v) is 4.19. The highest BCUT2D eigenvalue weighted by atomic mass is 28.4. The van der Waals surface area contributed by atoms with E-state index in [-0.39, 0.29) is 0 Å². The highest BCUT2D eigenvalue weighted by Gasteiger charge is 2.45. The van der Waals surface area contributed by atoms with Gasteiger partial charge in [-0.1, -0.05) is 6.07 Å². The van der Waals surface area contributed by atoms with Crippen molar-refractivity contribution in [1.82, 2.24) is 0 Å². The van der Waals surface area contributed by atoms with E-state index in [2.05, 4.69) is 0 Å². The Balaban J connectivity index is 2.48. The van der Waals surface area contributed by atoms with Crippen molar-refractivity contribution in [3.63, 3.8) is 0 Å². The molecule has 2 rings (SSSR count). The van der Waals surface area contributed by atoms with E-state index in [0.717, 1.165) is 5.56 Å². The molecule has 0 atom stereocenters.